The van der Waals surface area contributed by atoms with Crippen molar-refractivity contribution < 1.29 is 9.53 Å². The molecule has 1 amide bonds. The Hall–Kier alpha value is -2.21. The number of nitrogens with zero attached hydrogens (tertiary/aromatic N) is 4. The van der Waals surface area contributed by atoms with Crippen LogP contribution in [0, 0.1) is 5.92 Å². The van der Waals surface area contributed by atoms with Gasteiger partial charge in [-0.1, -0.05) is 30.3 Å². The van der Waals surface area contributed by atoms with Crippen LogP contribution < -0.4 is 0 Å². The van der Waals surface area contributed by atoms with E-state index in [1.807, 2.05) is 23.1 Å². The monoisotopic (exact) mass is 340 g/mol. The third-order valence-corrected chi connectivity index (χ3v) is 5.04. The van der Waals surface area contributed by atoms with Gasteiger partial charge in [0.15, 0.2) is 0 Å². The van der Waals surface area contributed by atoms with Crippen LogP contribution >= 0.6 is 0 Å². The first-order valence-corrected chi connectivity index (χ1v) is 9.10. The van der Waals surface area contributed by atoms with Crippen molar-refractivity contribution in [3.63, 3.8) is 0 Å². The van der Waals surface area contributed by atoms with Crippen molar-refractivity contribution in [2.45, 2.75) is 44.4 Å². The highest BCUT2D eigenvalue weighted by Crippen LogP contribution is 2.39. The molecule has 4 rings (SSSR count). The number of hydrogen-bond acceptors (Lipinski definition) is 4. The molecule has 2 fully saturated rings. The van der Waals surface area contributed by atoms with Gasteiger partial charge in [0.2, 0.25) is 5.91 Å². The van der Waals surface area contributed by atoms with Crippen LogP contribution in [0.15, 0.2) is 43.0 Å². The lowest BCUT2D eigenvalue weighted by atomic mass is 10.0. The van der Waals surface area contributed by atoms with Gasteiger partial charge in [0.1, 0.15) is 18.8 Å². The molecule has 1 saturated carbocycles. The molecule has 0 spiro atoms. The molecule has 1 aliphatic heterocycles. The highest BCUT2D eigenvalue weighted by molar-refractivity contribution is 5.76. The Morgan fingerprint density at radius 1 is 1.20 bits per heavy atom. The summed E-state index contributed by atoms with van der Waals surface area (Å²) in [5.74, 6) is 0.840. The first-order valence-electron chi connectivity index (χ1n) is 9.10. The number of aromatic nitrogens is 3. The average molecular weight is 340 g/mol. The van der Waals surface area contributed by atoms with E-state index in [-0.39, 0.29) is 18.1 Å². The zero-order valence-electron chi connectivity index (χ0n) is 14.3. The molecule has 0 bridgehead atoms. The summed E-state index contributed by atoms with van der Waals surface area (Å²) >= 11 is 0. The summed E-state index contributed by atoms with van der Waals surface area (Å²) in [6, 6.07) is 10.3. The summed E-state index contributed by atoms with van der Waals surface area (Å²) in [6.45, 7) is 2.11. The molecule has 0 N–H and O–H groups in total. The van der Waals surface area contributed by atoms with Crippen molar-refractivity contribution in [2.24, 2.45) is 5.92 Å². The summed E-state index contributed by atoms with van der Waals surface area (Å²) in [6.07, 6.45) is 7.14. The lowest BCUT2D eigenvalue weighted by Crippen LogP contribution is -2.47. The van der Waals surface area contributed by atoms with E-state index in [4.69, 9.17) is 4.74 Å². The van der Waals surface area contributed by atoms with Crippen LogP contribution in [0.5, 0.6) is 0 Å². The number of morpholine rings is 1. The molecule has 0 radical (unpaired) electrons. The van der Waals surface area contributed by atoms with Crippen molar-refractivity contribution in [3.8, 4) is 0 Å². The Morgan fingerprint density at radius 2 is 2.04 bits per heavy atom. The van der Waals surface area contributed by atoms with E-state index in [0.29, 0.717) is 18.9 Å². The Balaban J connectivity index is 1.37. The lowest BCUT2D eigenvalue weighted by molar-refractivity contribution is -0.148. The third-order valence-electron chi connectivity index (χ3n) is 5.04. The van der Waals surface area contributed by atoms with Gasteiger partial charge in [-0.15, -0.1) is 0 Å². The molecule has 1 aromatic heterocycles. The minimum absolute atomic E-state index is 0.0141. The summed E-state index contributed by atoms with van der Waals surface area (Å²) in [4.78, 5) is 18.7. The van der Waals surface area contributed by atoms with Gasteiger partial charge in [-0.2, -0.15) is 5.10 Å². The fourth-order valence-corrected chi connectivity index (χ4v) is 3.47. The van der Waals surface area contributed by atoms with E-state index >= 15 is 0 Å². The molecule has 2 aromatic rings. The summed E-state index contributed by atoms with van der Waals surface area (Å²) in [7, 11) is 0. The minimum atomic E-state index is -0.0141. The van der Waals surface area contributed by atoms with Gasteiger partial charge in [0, 0.05) is 19.5 Å². The molecular formula is C19H24N4O2. The van der Waals surface area contributed by atoms with Crippen molar-refractivity contribution >= 4 is 5.91 Å². The summed E-state index contributed by atoms with van der Waals surface area (Å²) in [5.41, 5.74) is 1.16. The van der Waals surface area contributed by atoms with Crippen LogP contribution in [0.3, 0.4) is 0 Å². The maximum atomic E-state index is 12.7. The Morgan fingerprint density at radius 3 is 2.76 bits per heavy atom. The molecular weight excluding hydrogens is 316 g/mol. The molecule has 25 heavy (non-hydrogen) atoms. The molecule has 6 heteroatoms. The fourth-order valence-electron chi connectivity index (χ4n) is 3.47. The molecule has 1 aromatic carbocycles. The van der Waals surface area contributed by atoms with Gasteiger partial charge in [0.25, 0.3) is 0 Å². The first-order chi connectivity index (χ1) is 12.3. The van der Waals surface area contributed by atoms with Crippen LogP contribution in [0.25, 0.3) is 0 Å². The maximum Gasteiger partial charge on any atom is 0.222 e. The highest BCUT2D eigenvalue weighted by Gasteiger charge is 2.39. The number of carbonyl (C=O) groups is 1. The van der Waals surface area contributed by atoms with Crippen molar-refractivity contribution in [1.82, 2.24) is 19.7 Å². The zero-order chi connectivity index (χ0) is 17.1. The summed E-state index contributed by atoms with van der Waals surface area (Å²) < 4.78 is 8.09. The van der Waals surface area contributed by atoms with Gasteiger partial charge in [-0.3, -0.25) is 9.48 Å². The van der Waals surface area contributed by atoms with Crippen LogP contribution in [0.4, 0.5) is 0 Å². The predicted octanol–water partition coefficient (Wildman–Crippen LogP) is 2.44. The third kappa shape index (κ3) is 4.07. The molecule has 132 valence electrons. The number of ether oxygens (including phenoxy) is 1. The van der Waals surface area contributed by atoms with Gasteiger partial charge >= 0.3 is 0 Å². The van der Waals surface area contributed by atoms with Crippen LogP contribution in [0.2, 0.25) is 0 Å². The van der Waals surface area contributed by atoms with Crippen LogP contribution in [-0.4, -0.2) is 44.8 Å². The second kappa shape index (κ2) is 7.35. The van der Waals surface area contributed by atoms with E-state index in [1.54, 1.807) is 11.0 Å². The second-order valence-corrected chi connectivity index (χ2v) is 6.97. The Labute approximate surface area is 147 Å². The maximum absolute atomic E-state index is 12.7. The van der Waals surface area contributed by atoms with E-state index in [9.17, 15) is 4.79 Å². The molecule has 1 aliphatic carbocycles. The molecule has 2 heterocycles. The molecule has 1 saturated heterocycles. The quantitative estimate of drug-likeness (QED) is 0.810. The fraction of sp³-hybridized carbons (Fsp3) is 0.526. The minimum Gasteiger partial charge on any atom is -0.366 e. The molecule has 0 unspecified atom stereocenters. The number of hydrogen-bond donors (Lipinski definition) is 0. The number of amides is 1. The highest BCUT2D eigenvalue weighted by atomic mass is 16.5. The number of rotatable bonds is 6. The van der Waals surface area contributed by atoms with Gasteiger partial charge < -0.3 is 9.64 Å². The first kappa shape index (κ1) is 16.3. The lowest BCUT2D eigenvalue weighted by Gasteiger charge is -2.38. The number of benzene rings is 1. The van der Waals surface area contributed by atoms with Gasteiger partial charge in [-0.05, 0) is 30.7 Å². The molecule has 2 aliphatic rings. The van der Waals surface area contributed by atoms with Crippen molar-refractivity contribution in [1.29, 1.82) is 0 Å². The molecule has 2 atom stereocenters. The standard InChI is InChI=1S/C19H24N4O2/c24-19(7-4-10-23-14-20-13-21-23)22-11-17(15-5-2-1-3-6-15)25-18(12-22)16-8-9-16/h1-3,5-6,13-14,16-18H,4,7-12H2/t17-,18+/m0/s1. The van der Waals surface area contributed by atoms with Crippen molar-refractivity contribution in [2.75, 3.05) is 13.1 Å². The van der Waals surface area contributed by atoms with E-state index in [2.05, 4.69) is 22.2 Å². The topological polar surface area (TPSA) is 60.2 Å². The van der Waals surface area contributed by atoms with E-state index in [1.165, 1.54) is 19.2 Å². The number of aryl methyl sites for hydroxylation is 1. The largest absolute Gasteiger partial charge is 0.366 e. The van der Waals surface area contributed by atoms with Crippen molar-refractivity contribution in [3.05, 3.63) is 48.5 Å². The van der Waals surface area contributed by atoms with Crippen LogP contribution in [0.1, 0.15) is 37.4 Å². The SMILES string of the molecule is O=C(CCCn1cncn1)N1C[C@@H](c2ccccc2)O[C@@H](C2CC2)C1. The van der Waals surface area contributed by atoms with E-state index in [0.717, 1.165) is 25.1 Å². The van der Waals surface area contributed by atoms with Gasteiger partial charge in [0.05, 0.1) is 12.6 Å². The molecule has 6 nitrogen and oxygen atoms in total. The predicted molar refractivity (Wildman–Crippen MR) is 92.6 cm³/mol. The van der Waals surface area contributed by atoms with Gasteiger partial charge in [-0.25, -0.2) is 4.98 Å². The smallest absolute Gasteiger partial charge is 0.222 e. The Bertz CT molecular complexity index is 685. The Kier molecular flexibility index (Phi) is 4.78. The van der Waals surface area contributed by atoms with Crippen LogP contribution in [-0.2, 0) is 16.1 Å². The average Bonchev–Trinajstić information content (AvgIpc) is 3.39. The normalized spacial score (nSPS) is 23.6. The number of carbonyl (C=O) groups excluding carboxylic acids is 1. The summed E-state index contributed by atoms with van der Waals surface area (Å²) in [5, 5.41) is 4.08. The van der Waals surface area contributed by atoms with E-state index < -0.39 is 0 Å². The zero-order valence-corrected chi connectivity index (χ0v) is 14.3. The second-order valence-electron chi connectivity index (χ2n) is 6.97.